The summed E-state index contributed by atoms with van der Waals surface area (Å²) >= 11 is 0. The highest BCUT2D eigenvalue weighted by molar-refractivity contribution is 5.66. The molecule has 1 aromatic rings. The molecule has 0 amide bonds. The molecule has 0 fully saturated rings. The Kier molecular flexibility index (Phi) is 7.71. The maximum Gasteiger partial charge on any atom is 0.302 e. The molecule has 0 saturated heterocycles. The van der Waals surface area contributed by atoms with Gasteiger partial charge in [-0.2, -0.15) is 0 Å². The minimum absolute atomic E-state index is 0.219. The van der Waals surface area contributed by atoms with Crippen LogP contribution in [-0.4, -0.2) is 12.6 Å². The SMILES string of the molecule is CCCCc1cccc(C=C(CCC)COC(C)=O)c1. The monoisotopic (exact) mass is 274 g/mol. The van der Waals surface area contributed by atoms with Gasteiger partial charge in [-0.3, -0.25) is 4.79 Å². The van der Waals surface area contributed by atoms with E-state index >= 15 is 0 Å². The molecule has 110 valence electrons. The van der Waals surface area contributed by atoms with E-state index in [1.165, 1.54) is 36.5 Å². The number of benzene rings is 1. The van der Waals surface area contributed by atoms with E-state index < -0.39 is 0 Å². The van der Waals surface area contributed by atoms with Gasteiger partial charge in [0.1, 0.15) is 6.61 Å². The van der Waals surface area contributed by atoms with Crippen LogP contribution in [0.5, 0.6) is 0 Å². The molecule has 0 bridgehead atoms. The van der Waals surface area contributed by atoms with Crippen molar-refractivity contribution in [2.45, 2.75) is 52.9 Å². The molecule has 2 heteroatoms. The van der Waals surface area contributed by atoms with Gasteiger partial charge in [-0.1, -0.05) is 57.0 Å². The van der Waals surface area contributed by atoms with Crippen LogP contribution in [0.1, 0.15) is 57.6 Å². The van der Waals surface area contributed by atoms with E-state index in [0.29, 0.717) is 6.61 Å². The lowest BCUT2D eigenvalue weighted by Crippen LogP contribution is -2.03. The molecule has 1 aromatic carbocycles. The van der Waals surface area contributed by atoms with Crippen LogP contribution >= 0.6 is 0 Å². The van der Waals surface area contributed by atoms with E-state index in [1.54, 1.807) is 0 Å². The van der Waals surface area contributed by atoms with Crippen molar-refractivity contribution in [3.63, 3.8) is 0 Å². The van der Waals surface area contributed by atoms with Gasteiger partial charge in [-0.05, 0) is 36.0 Å². The standard InChI is InChI=1S/C18H26O2/c1-4-6-9-16-10-7-11-17(12-16)13-18(8-5-2)14-20-15(3)19/h7,10-13H,4-6,8-9,14H2,1-3H3. The molecule has 0 atom stereocenters. The van der Waals surface area contributed by atoms with Crippen molar-refractivity contribution in [2.75, 3.05) is 6.61 Å². The molecule has 0 unspecified atom stereocenters. The Morgan fingerprint density at radius 3 is 2.70 bits per heavy atom. The van der Waals surface area contributed by atoms with E-state index in [-0.39, 0.29) is 5.97 Å². The van der Waals surface area contributed by atoms with Gasteiger partial charge < -0.3 is 4.74 Å². The molecule has 20 heavy (non-hydrogen) atoms. The lowest BCUT2D eigenvalue weighted by Gasteiger charge is -2.08. The Balaban J connectivity index is 2.78. The van der Waals surface area contributed by atoms with E-state index in [0.717, 1.165) is 19.3 Å². The third-order valence-electron chi connectivity index (χ3n) is 3.17. The smallest absolute Gasteiger partial charge is 0.302 e. The third kappa shape index (κ3) is 6.55. The molecule has 0 radical (unpaired) electrons. The molecule has 0 aliphatic carbocycles. The molecule has 0 aliphatic rings. The summed E-state index contributed by atoms with van der Waals surface area (Å²) in [6.45, 7) is 6.21. The summed E-state index contributed by atoms with van der Waals surface area (Å²) in [5, 5.41) is 0. The average Bonchev–Trinajstić information content (AvgIpc) is 2.43. The Labute approximate surface area is 122 Å². The Morgan fingerprint density at radius 1 is 1.25 bits per heavy atom. The van der Waals surface area contributed by atoms with Crippen LogP contribution in [-0.2, 0) is 16.0 Å². The van der Waals surface area contributed by atoms with Gasteiger partial charge in [0, 0.05) is 6.92 Å². The Hall–Kier alpha value is -1.57. The fourth-order valence-electron chi connectivity index (χ4n) is 2.16. The molecule has 2 nitrogen and oxygen atoms in total. The van der Waals surface area contributed by atoms with E-state index in [4.69, 9.17) is 4.74 Å². The van der Waals surface area contributed by atoms with Gasteiger partial charge in [0.15, 0.2) is 0 Å². The molecule has 0 aromatic heterocycles. The fraction of sp³-hybridized carbons (Fsp3) is 0.500. The van der Waals surface area contributed by atoms with Crippen molar-refractivity contribution < 1.29 is 9.53 Å². The van der Waals surface area contributed by atoms with Crippen molar-refractivity contribution in [2.24, 2.45) is 0 Å². The van der Waals surface area contributed by atoms with Crippen LogP contribution in [0.2, 0.25) is 0 Å². The van der Waals surface area contributed by atoms with E-state index in [9.17, 15) is 4.79 Å². The molecule has 0 saturated carbocycles. The van der Waals surface area contributed by atoms with Crippen LogP contribution < -0.4 is 0 Å². The summed E-state index contributed by atoms with van der Waals surface area (Å²) in [6, 6.07) is 8.63. The van der Waals surface area contributed by atoms with Crippen LogP contribution in [0.4, 0.5) is 0 Å². The molecular formula is C18H26O2. The topological polar surface area (TPSA) is 26.3 Å². The van der Waals surface area contributed by atoms with Gasteiger partial charge in [0.25, 0.3) is 0 Å². The average molecular weight is 274 g/mol. The quantitative estimate of drug-likeness (QED) is 0.638. The number of unbranched alkanes of at least 4 members (excludes halogenated alkanes) is 1. The first kappa shape index (κ1) is 16.5. The molecular weight excluding hydrogens is 248 g/mol. The second-order valence-corrected chi connectivity index (χ2v) is 5.18. The van der Waals surface area contributed by atoms with E-state index in [2.05, 4.69) is 44.2 Å². The van der Waals surface area contributed by atoms with Gasteiger partial charge in [0.05, 0.1) is 0 Å². The summed E-state index contributed by atoms with van der Waals surface area (Å²) in [4.78, 5) is 10.9. The normalized spacial score (nSPS) is 11.4. The van der Waals surface area contributed by atoms with Crippen molar-refractivity contribution in [3.8, 4) is 0 Å². The summed E-state index contributed by atoms with van der Waals surface area (Å²) in [5.74, 6) is -0.219. The maximum atomic E-state index is 10.9. The largest absolute Gasteiger partial charge is 0.461 e. The maximum absolute atomic E-state index is 10.9. The Morgan fingerprint density at radius 2 is 2.05 bits per heavy atom. The van der Waals surface area contributed by atoms with Crippen LogP contribution in [0.3, 0.4) is 0 Å². The highest BCUT2D eigenvalue weighted by Crippen LogP contribution is 2.15. The van der Waals surface area contributed by atoms with Crippen molar-refractivity contribution in [1.29, 1.82) is 0 Å². The predicted molar refractivity (Wildman–Crippen MR) is 84.6 cm³/mol. The molecule has 0 spiro atoms. The van der Waals surface area contributed by atoms with E-state index in [1.807, 2.05) is 0 Å². The summed E-state index contributed by atoms with van der Waals surface area (Å²) in [6.07, 6.45) is 7.75. The molecule has 0 aliphatic heterocycles. The molecule has 1 rings (SSSR count). The first-order valence-electron chi connectivity index (χ1n) is 7.57. The number of ether oxygens (including phenoxy) is 1. The number of aryl methyl sites for hydroxylation is 1. The van der Waals surface area contributed by atoms with Gasteiger partial charge in [0.2, 0.25) is 0 Å². The minimum atomic E-state index is -0.219. The summed E-state index contributed by atoms with van der Waals surface area (Å²) < 4.78 is 5.12. The van der Waals surface area contributed by atoms with Crippen LogP contribution in [0.15, 0.2) is 29.8 Å². The summed E-state index contributed by atoms with van der Waals surface area (Å²) in [7, 11) is 0. The fourth-order valence-corrected chi connectivity index (χ4v) is 2.16. The third-order valence-corrected chi connectivity index (χ3v) is 3.17. The minimum Gasteiger partial charge on any atom is -0.461 e. The second kappa shape index (κ2) is 9.35. The Bertz CT molecular complexity index is 446. The molecule has 0 N–H and O–H groups in total. The molecule has 0 heterocycles. The number of carbonyl (C=O) groups is 1. The zero-order chi connectivity index (χ0) is 14.8. The van der Waals surface area contributed by atoms with Crippen molar-refractivity contribution in [3.05, 3.63) is 41.0 Å². The second-order valence-electron chi connectivity index (χ2n) is 5.18. The first-order chi connectivity index (χ1) is 9.65. The number of hydrogen-bond donors (Lipinski definition) is 0. The predicted octanol–water partition coefficient (Wildman–Crippen LogP) is 4.78. The zero-order valence-corrected chi connectivity index (χ0v) is 12.9. The van der Waals surface area contributed by atoms with Crippen molar-refractivity contribution in [1.82, 2.24) is 0 Å². The lowest BCUT2D eigenvalue weighted by atomic mass is 10.0. The number of rotatable bonds is 8. The number of esters is 1. The van der Waals surface area contributed by atoms with Crippen LogP contribution in [0.25, 0.3) is 6.08 Å². The van der Waals surface area contributed by atoms with Crippen molar-refractivity contribution >= 4 is 12.0 Å². The van der Waals surface area contributed by atoms with Gasteiger partial charge in [-0.15, -0.1) is 0 Å². The van der Waals surface area contributed by atoms with Crippen LogP contribution in [0, 0.1) is 0 Å². The summed E-state index contributed by atoms with van der Waals surface area (Å²) in [5.41, 5.74) is 3.76. The highest BCUT2D eigenvalue weighted by atomic mass is 16.5. The lowest BCUT2D eigenvalue weighted by molar-refractivity contribution is -0.140. The highest BCUT2D eigenvalue weighted by Gasteiger charge is 2.01. The zero-order valence-electron chi connectivity index (χ0n) is 12.9. The first-order valence-corrected chi connectivity index (χ1v) is 7.57. The number of hydrogen-bond acceptors (Lipinski definition) is 2. The van der Waals surface area contributed by atoms with Gasteiger partial charge in [-0.25, -0.2) is 0 Å². The van der Waals surface area contributed by atoms with Gasteiger partial charge >= 0.3 is 5.97 Å². The number of carbonyl (C=O) groups excluding carboxylic acids is 1.